The molecule has 2 N–H and O–H groups in total. The van der Waals surface area contributed by atoms with Gasteiger partial charge in [-0.25, -0.2) is 0 Å². The third kappa shape index (κ3) is 6.20. The summed E-state index contributed by atoms with van der Waals surface area (Å²) in [5.74, 6) is 1.41. The van der Waals surface area contributed by atoms with Crippen molar-refractivity contribution in [1.29, 1.82) is 0 Å². The highest BCUT2D eigenvalue weighted by Gasteiger charge is 2.21. The number of ether oxygens (including phenoxy) is 3. The third-order valence-corrected chi connectivity index (χ3v) is 6.87. The zero-order valence-electron chi connectivity index (χ0n) is 21.0. The van der Waals surface area contributed by atoms with Gasteiger partial charge in [-0.05, 0) is 31.2 Å². The second kappa shape index (κ2) is 12.4. The number of anilines is 1. The molecule has 2 aromatic heterocycles. The van der Waals surface area contributed by atoms with Gasteiger partial charge < -0.3 is 19.5 Å². The highest BCUT2D eigenvalue weighted by atomic mass is 32.2. The van der Waals surface area contributed by atoms with Gasteiger partial charge in [-0.2, -0.15) is 0 Å². The molecule has 0 bridgehead atoms. The summed E-state index contributed by atoms with van der Waals surface area (Å²) < 4.78 is 18.0. The van der Waals surface area contributed by atoms with E-state index in [1.807, 2.05) is 0 Å². The number of hydrogen-bond acceptors (Lipinski definition) is 11. The monoisotopic (exact) mass is 555 g/mol. The number of aryl methyl sites for hydroxylation is 1. The number of hydrogen-bond donors (Lipinski definition) is 2. The molecule has 0 atom stereocenters. The van der Waals surface area contributed by atoms with Crippen molar-refractivity contribution >= 4 is 40.0 Å². The Morgan fingerprint density at radius 1 is 0.974 bits per heavy atom. The highest BCUT2D eigenvalue weighted by molar-refractivity contribution is 7.99. The van der Waals surface area contributed by atoms with E-state index in [0.29, 0.717) is 44.6 Å². The fraction of sp³-hybridized carbons (Fsp3) is 0.250. The standard InChI is InChI=1S/C24H25N7O5S2/c1-14-27-29-23(38-14)26-21(32)13-37-24-30-28-20(12-25-22(33)16-7-5-6-8-18(16)35-3)31(24)17-11-15(34-2)9-10-19(17)36-4/h5-11H,12-13H2,1-4H3,(H,25,33)(H,26,29,32). The van der Waals surface area contributed by atoms with Crippen LogP contribution in [0.15, 0.2) is 47.6 Å². The summed E-state index contributed by atoms with van der Waals surface area (Å²) in [6.07, 6.45) is 0. The first-order valence-electron chi connectivity index (χ1n) is 11.2. The maximum Gasteiger partial charge on any atom is 0.255 e. The molecule has 4 rings (SSSR count). The number of nitrogens with zero attached hydrogens (tertiary/aromatic N) is 5. The van der Waals surface area contributed by atoms with Crippen molar-refractivity contribution < 1.29 is 23.8 Å². The Morgan fingerprint density at radius 3 is 2.47 bits per heavy atom. The van der Waals surface area contributed by atoms with E-state index in [2.05, 4.69) is 31.0 Å². The van der Waals surface area contributed by atoms with E-state index < -0.39 is 0 Å². The number of para-hydroxylation sites is 1. The van der Waals surface area contributed by atoms with Crippen molar-refractivity contribution in [2.45, 2.75) is 18.6 Å². The lowest BCUT2D eigenvalue weighted by atomic mass is 10.2. The van der Waals surface area contributed by atoms with E-state index in [1.54, 1.807) is 68.2 Å². The number of rotatable bonds is 11. The van der Waals surface area contributed by atoms with E-state index in [4.69, 9.17) is 14.2 Å². The van der Waals surface area contributed by atoms with Crippen molar-refractivity contribution in [2.24, 2.45) is 0 Å². The van der Waals surface area contributed by atoms with Crippen molar-refractivity contribution in [2.75, 3.05) is 32.4 Å². The number of benzene rings is 2. The minimum Gasteiger partial charge on any atom is -0.497 e. The van der Waals surface area contributed by atoms with E-state index in [0.717, 1.165) is 5.01 Å². The van der Waals surface area contributed by atoms with Gasteiger partial charge in [0.05, 0.1) is 44.9 Å². The molecule has 0 saturated heterocycles. The van der Waals surface area contributed by atoms with Crippen LogP contribution in [0.2, 0.25) is 0 Å². The van der Waals surface area contributed by atoms with Gasteiger partial charge >= 0.3 is 0 Å². The minimum absolute atomic E-state index is 0.0383. The van der Waals surface area contributed by atoms with Crippen LogP contribution in [0.25, 0.3) is 5.69 Å². The van der Waals surface area contributed by atoms with E-state index in [1.165, 1.54) is 30.2 Å². The van der Waals surface area contributed by atoms with E-state index >= 15 is 0 Å². The van der Waals surface area contributed by atoms with Gasteiger partial charge in [0.15, 0.2) is 11.0 Å². The van der Waals surface area contributed by atoms with Crippen LogP contribution in [0.5, 0.6) is 17.2 Å². The lowest BCUT2D eigenvalue weighted by Gasteiger charge is -2.15. The number of nitrogens with one attached hydrogen (secondary N) is 2. The minimum atomic E-state index is -0.337. The number of carbonyl (C=O) groups excluding carboxylic acids is 2. The molecule has 0 spiro atoms. The summed E-state index contributed by atoms with van der Waals surface area (Å²) in [6, 6.07) is 12.2. The maximum atomic E-state index is 12.9. The smallest absolute Gasteiger partial charge is 0.255 e. The Kier molecular flexibility index (Phi) is 8.76. The molecule has 12 nitrogen and oxygen atoms in total. The molecule has 0 fully saturated rings. The quantitative estimate of drug-likeness (QED) is 0.265. The second-order valence-electron chi connectivity index (χ2n) is 7.62. The van der Waals surface area contributed by atoms with Crippen molar-refractivity contribution in [3.63, 3.8) is 0 Å². The molecule has 38 heavy (non-hydrogen) atoms. The summed E-state index contributed by atoms with van der Waals surface area (Å²) in [5, 5.41) is 23.6. The molecule has 2 amide bonds. The molecular formula is C24H25N7O5S2. The topological polar surface area (TPSA) is 142 Å². The summed E-state index contributed by atoms with van der Waals surface area (Å²) >= 11 is 2.46. The van der Waals surface area contributed by atoms with Crippen LogP contribution in [-0.4, -0.2) is 63.9 Å². The summed E-state index contributed by atoms with van der Waals surface area (Å²) in [4.78, 5) is 25.4. The number of amides is 2. The lowest BCUT2D eigenvalue weighted by Crippen LogP contribution is -2.25. The van der Waals surface area contributed by atoms with Crippen LogP contribution >= 0.6 is 23.1 Å². The summed E-state index contributed by atoms with van der Waals surface area (Å²) in [7, 11) is 4.61. The Labute approximate surface area is 226 Å². The van der Waals surface area contributed by atoms with Crippen molar-refractivity contribution in [3.05, 3.63) is 58.9 Å². The van der Waals surface area contributed by atoms with Gasteiger partial charge in [0.1, 0.15) is 22.3 Å². The van der Waals surface area contributed by atoms with Crippen LogP contribution in [-0.2, 0) is 11.3 Å². The summed E-state index contributed by atoms with van der Waals surface area (Å²) in [6.45, 7) is 1.85. The molecule has 0 aliphatic heterocycles. The third-order valence-electron chi connectivity index (χ3n) is 5.19. The van der Waals surface area contributed by atoms with Gasteiger partial charge in [0.25, 0.3) is 5.91 Å². The first-order chi connectivity index (χ1) is 18.4. The van der Waals surface area contributed by atoms with Crippen molar-refractivity contribution in [3.8, 4) is 22.9 Å². The molecule has 0 saturated carbocycles. The SMILES string of the molecule is COc1ccc(OC)c(-n2c(CNC(=O)c3ccccc3OC)nnc2SCC(=O)Nc2nnc(C)s2)c1. The predicted molar refractivity (Wildman–Crippen MR) is 143 cm³/mol. The Balaban J connectivity index is 1.61. The molecule has 2 heterocycles. The average molecular weight is 556 g/mol. The fourth-order valence-corrected chi connectivity index (χ4v) is 4.81. The van der Waals surface area contributed by atoms with Crippen LogP contribution in [0.1, 0.15) is 21.2 Å². The van der Waals surface area contributed by atoms with E-state index in [9.17, 15) is 9.59 Å². The first-order valence-corrected chi connectivity index (χ1v) is 13.0. The Hall–Kier alpha value is -4.17. The maximum absolute atomic E-state index is 12.9. The molecule has 4 aromatic rings. The Bertz CT molecular complexity index is 1440. The molecule has 198 valence electrons. The Morgan fingerprint density at radius 2 is 1.76 bits per heavy atom. The van der Waals surface area contributed by atoms with Gasteiger partial charge in [-0.15, -0.1) is 20.4 Å². The number of aromatic nitrogens is 5. The number of carbonyl (C=O) groups is 2. The fourth-order valence-electron chi connectivity index (χ4n) is 3.44. The molecule has 14 heteroatoms. The summed E-state index contributed by atoms with van der Waals surface area (Å²) in [5.41, 5.74) is 0.972. The largest absolute Gasteiger partial charge is 0.497 e. The predicted octanol–water partition coefficient (Wildman–Crippen LogP) is 3.11. The molecule has 2 aromatic carbocycles. The lowest BCUT2D eigenvalue weighted by molar-refractivity contribution is -0.113. The van der Waals surface area contributed by atoms with Crippen LogP contribution in [0, 0.1) is 6.92 Å². The van der Waals surface area contributed by atoms with Crippen LogP contribution < -0.4 is 24.8 Å². The zero-order valence-corrected chi connectivity index (χ0v) is 22.7. The zero-order chi connectivity index (χ0) is 27.1. The average Bonchev–Trinajstić information content (AvgIpc) is 3.55. The molecule has 0 aliphatic rings. The van der Waals surface area contributed by atoms with Gasteiger partial charge in [0.2, 0.25) is 11.0 Å². The van der Waals surface area contributed by atoms with Gasteiger partial charge in [-0.1, -0.05) is 35.2 Å². The molecule has 0 aliphatic carbocycles. The van der Waals surface area contributed by atoms with Crippen LogP contribution in [0.3, 0.4) is 0 Å². The molecular weight excluding hydrogens is 530 g/mol. The van der Waals surface area contributed by atoms with Crippen LogP contribution in [0.4, 0.5) is 5.13 Å². The van der Waals surface area contributed by atoms with Gasteiger partial charge in [-0.3, -0.25) is 19.5 Å². The second-order valence-corrected chi connectivity index (χ2v) is 9.74. The number of thioether (sulfide) groups is 1. The number of methoxy groups -OCH3 is 3. The molecule has 0 radical (unpaired) electrons. The first kappa shape index (κ1) is 26.9. The normalized spacial score (nSPS) is 10.6. The molecule has 0 unspecified atom stereocenters. The van der Waals surface area contributed by atoms with Crippen molar-refractivity contribution in [1.82, 2.24) is 30.3 Å². The highest BCUT2D eigenvalue weighted by Crippen LogP contribution is 2.32. The van der Waals surface area contributed by atoms with Gasteiger partial charge in [0, 0.05) is 6.07 Å². The van der Waals surface area contributed by atoms with E-state index in [-0.39, 0.29) is 24.1 Å².